The molecule has 2 aromatic rings. The van der Waals surface area contributed by atoms with Crippen LogP contribution in [-0.2, 0) is 19.7 Å². The van der Waals surface area contributed by atoms with Gasteiger partial charge in [-0.1, -0.05) is 0 Å². The van der Waals surface area contributed by atoms with Crippen molar-refractivity contribution in [3.8, 4) is 0 Å². The summed E-state index contributed by atoms with van der Waals surface area (Å²) in [5.41, 5.74) is 6.75. The third kappa shape index (κ3) is 3.68. The number of sulfone groups is 2. The van der Waals surface area contributed by atoms with Crippen molar-refractivity contribution in [1.29, 1.82) is 0 Å². The Morgan fingerprint density at radius 3 is 2.55 bits per heavy atom. The van der Waals surface area contributed by atoms with Crippen LogP contribution in [0.4, 0.5) is 5.69 Å². The van der Waals surface area contributed by atoms with Crippen molar-refractivity contribution >= 4 is 46.9 Å². The molecule has 1 heterocycles. The second-order valence-electron chi connectivity index (χ2n) is 4.51. The van der Waals surface area contributed by atoms with Gasteiger partial charge in [-0.25, -0.2) is 21.8 Å². The van der Waals surface area contributed by atoms with Crippen LogP contribution in [-0.4, -0.2) is 39.6 Å². The minimum Gasteiger partial charge on any atom is -0.399 e. The van der Waals surface area contributed by atoms with E-state index in [-0.39, 0.29) is 22.3 Å². The summed E-state index contributed by atoms with van der Waals surface area (Å²) >= 11 is 1.05. The molecular formula is C11H14N2O4S3. The van der Waals surface area contributed by atoms with E-state index in [9.17, 15) is 16.8 Å². The van der Waals surface area contributed by atoms with Gasteiger partial charge in [0.2, 0.25) is 14.2 Å². The fourth-order valence-electron chi connectivity index (χ4n) is 1.65. The van der Waals surface area contributed by atoms with E-state index in [4.69, 9.17) is 5.73 Å². The molecule has 20 heavy (non-hydrogen) atoms. The van der Waals surface area contributed by atoms with Crippen molar-refractivity contribution in [1.82, 2.24) is 4.98 Å². The largest absolute Gasteiger partial charge is 0.399 e. The predicted octanol–water partition coefficient (Wildman–Crippen LogP) is 1.09. The maximum atomic E-state index is 12.1. The normalized spacial score (nSPS) is 12.8. The van der Waals surface area contributed by atoms with E-state index in [0.29, 0.717) is 15.9 Å². The Labute approximate surface area is 121 Å². The van der Waals surface area contributed by atoms with Gasteiger partial charge < -0.3 is 5.73 Å². The van der Waals surface area contributed by atoms with Crippen molar-refractivity contribution in [2.24, 2.45) is 0 Å². The number of benzene rings is 1. The van der Waals surface area contributed by atoms with Gasteiger partial charge in [0.05, 0.1) is 21.7 Å². The number of nitrogen functional groups attached to an aromatic ring is 1. The molecule has 2 N–H and O–H groups in total. The smallest absolute Gasteiger partial charge is 0.210 e. The Hall–Kier alpha value is -1.19. The van der Waals surface area contributed by atoms with Crippen molar-refractivity contribution in [3.05, 3.63) is 18.2 Å². The lowest BCUT2D eigenvalue weighted by Crippen LogP contribution is -2.11. The van der Waals surface area contributed by atoms with Crippen LogP contribution in [0, 0.1) is 0 Å². The molecule has 9 heteroatoms. The lowest BCUT2D eigenvalue weighted by Gasteiger charge is -1.99. The molecule has 0 amide bonds. The average molecular weight is 334 g/mol. The van der Waals surface area contributed by atoms with E-state index in [0.717, 1.165) is 17.6 Å². The van der Waals surface area contributed by atoms with E-state index in [1.54, 1.807) is 18.2 Å². The zero-order chi connectivity index (χ0) is 15.0. The van der Waals surface area contributed by atoms with Gasteiger partial charge >= 0.3 is 0 Å². The molecule has 0 spiro atoms. The number of aromatic nitrogens is 1. The van der Waals surface area contributed by atoms with Crippen molar-refractivity contribution in [2.45, 2.75) is 10.8 Å². The van der Waals surface area contributed by atoms with E-state index in [2.05, 4.69) is 4.98 Å². The predicted molar refractivity (Wildman–Crippen MR) is 80.4 cm³/mol. The SMILES string of the molecule is CS(=O)(=O)CCCS(=O)(=O)c1nc2ccc(N)cc2s1. The average Bonchev–Trinajstić information content (AvgIpc) is 2.70. The van der Waals surface area contributed by atoms with E-state index >= 15 is 0 Å². The molecule has 2 rings (SSSR count). The van der Waals surface area contributed by atoms with Gasteiger partial charge in [0, 0.05) is 11.9 Å². The zero-order valence-corrected chi connectivity index (χ0v) is 13.2. The maximum Gasteiger partial charge on any atom is 0.210 e. The van der Waals surface area contributed by atoms with Crippen molar-refractivity contribution < 1.29 is 16.8 Å². The molecule has 0 aliphatic heterocycles. The quantitative estimate of drug-likeness (QED) is 0.820. The molecular weight excluding hydrogens is 320 g/mol. The highest BCUT2D eigenvalue weighted by atomic mass is 32.2. The van der Waals surface area contributed by atoms with Crippen LogP contribution in [0.5, 0.6) is 0 Å². The van der Waals surface area contributed by atoms with Gasteiger partial charge in [-0.3, -0.25) is 0 Å². The second-order valence-corrected chi connectivity index (χ2v) is 10.1. The molecule has 0 aliphatic carbocycles. The molecule has 0 saturated heterocycles. The highest BCUT2D eigenvalue weighted by Gasteiger charge is 2.20. The lowest BCUT2D eigenvalue weighted by atomic mass is 10.3. The molecule has 1 aromatic heterocycles. The maximum absolute atomic E-state index is 12.1. The first-order valence-electron chi connectivity index (χ1n) is 5.74. The molecule has 6 nitrogen and oxygen atoms in total. The summed E-state index contributed by atoms with van der Waals surface area (Å²) in [6.07, 6.45) is 1.15. The van der Waals surface area contributed by atoms with Crippen LogP contribution >= 0.6 is 11.3 Å². The number of anilines is 1. The molecule has 0 atom stereocenters. The van der Waals surface area contributed by atoms with E-state index < -0.39 is 19.7 Å². The Bertz CT molecular complexity index is 838. The standard InChI is InChI=1S/C11H14N2O4S3/c1-19(14,15)5-2-6-20(16,17)11-13-9-4-3-8(12)7-10(9)18-11/h3-4,7H,2,5-6,12H2,1H3. The van der Waals surface area contributed by atoms with Gasteiger partial charge in [0.25, 0.3) is 0 Å². The summed E-state index contributed by atoms with van der Waals surface area (Å²) in [4.78, 5) is 4.07. The van der Waals surface area contributed by atoms with Crippen LogP contribution in [0.15, 0.2) is 22.5 Å². The molecule has 0 bridgehead atoms. The van der Waals surface area contributed by atoms with Gasteiger partial charge in [-0.2, -0.15) is 0 Å². The van der Waals surface area contributed by atoms with E-state index in [1.807, 2.05) is 0 Å². The Balaban J connectivity index is 2.23. The highest BCUT2D eigenvalue weighted by Crippen LogP contribution is 2.27. The molecule has 0 aliphatic rings. The first kappa shape index (κ1) is 15.2. The minimum absolute atomic E-state index is 0.00611. The third-order valence-corrected chi connectivity index (χ3v) is 6.89. The number of thiazole rings is 1. The number of nitrogens with two attached hydrogens (primary N) is 1. The summed E-state index contributed by atoms with van der Waals surface area (Å²) in [5, 5.41) is 0. The summed E-state index contributed by atoms with van der Waals surface area (Å²) in [5.74, 6) is -0.376. The number of hydrogen-bond donors (Lipinski definition) is 1. The van der Waals surface area contributed by atoms with E-state index in [1.165, 1.54) is 0 Å². The fourth-order valence-corrected chi connectivity index (χ4v) is 5.21. The van der Waals surface area contributed by atoms with Gasteiger partial charge in [-0.15, -0.1) is 11.3 Å². The molecule has 110 valence electrons. The third-order valence-electron chi connectivity index (χ3n) is 2.59. The van der Waals surface area contributed by atoms with Gasteiger partial charge in [0.15, 0.2) is 0 Å². The Morgan fingerprint density at radius 1 is 1.20 bits per heavy atom. The summed E-state index contributed by atoms with van der Waals surface area (Å²) < 4.78 is 46.9. The molecule has 1 aromatic carbocycles. The first-order chi connectivity index (χ1) is 9.17. The molecule has 0 saturated carbocycles. The Morgan fingerprint density at radius 2 is 1.90 bits per heavy atom. The van der Waals surface area contributed by atoms with Crippen LogP contribution in [0.25, 0.3) is 10.2 Å². The summed E-state index contributed by atoms with van der Waals surface area (Å²) in [7, 11) is -6.71. The second kappa shape index (κ2) is 5.30. The number of hydrogen-bond acceptors (Lipinski definition) is 7. The molecule has 0 radical (unpaired) electrons. The number of rotatable bonds is 5. The summed E-state index contributed by atoms with van der Waals surface area (Å²) in [6.45, 7) is 0. The Kier molecular flexibility index (Phi) is 4.03. The zero-order valence-electron chi connectivity index (χ0n) is 10.7. The molecule has 0 unspecified atom stereocenters. The van der Waals surface area contributed by atoms with Crippen LogP contribution in [0.3, 0.4) is 0 Å². The van der Waals surface area contributed by atoms with Gasteiger partial charge in [0.1, 0.15) is 9.84 Å². The van der Waals surface area contributed by atoms with Crippen LogP contribution in [0.1, 0.15) is 6.42 Å². The van der Waals surface area contributed by atoms with Crippen LogP contribution < -0.4 is 5.73 Å². The minimum atomic E-state index is -3.56. The topological polar surface area (TPSA) is 107 Å². The van der Waals surface area contributed by atoms with Crippen LogP contribution in [0.2, 0.25) is 0 Å². The van der Waals surface area contributed by atoms with Gasteiger partial charge in [-0.05, 0) is 24.6 Å². The summed E-state index contributed by atoms with van der Waals surface area (Å²) in [6, 6.07) is 4.99. The highest BCUT2D eigenvalue weighted by molar-refractivity contribution is 7.93. The first-order valence-corrected chi connectivity index (χ1v) is 10.3. The molecule has 0 fully saturated rings. The lowest BCUT2D eigenvalue weighted by molar-refractivity contribution is 0.591. The monoisotopic (exact) mass is 334 g/mol. The van der Waals surface area contributed by atoms with Crippen molar-refractivity contribution in [2.75, 3.05) is 23.5 Å². The number of fused-ring (bicyclic) bond motifs is 1. The number of nitrogens with zero attached hydrogens (tertiary/aromatic N) is 1. The van der Waals surface area contributed by atoms with Crippen molar-refractivity contribution in [3.63, 3.8) is 0 Å². The fraction of sp³-hybridized carbons (Fsp3) is 0.364.